The molecule has 108 valence electrons. The first kappa shape index (κ1) is 16.3. The minimum absolute atomic E-state index is 0.517. The molecule has 1 aliphatic carbocycles. The van der Waals surface area contributed by atoms with Crippen molar-refractivity contribution in [3.8, 4) is 0 Å². The Balaban J connectivity index is 2.56. The standard InChI is InChI=1S/C15H32N2S/c1-13-6-8-15(9-7-13,11-16-3)12-17(4)14(2)10-18-5/h13-14,16H,6-12H2,1-5H3. The Bertz CT molecular complexity index is 225. The van der Waals surface area contributed by atoms with E-state index in [1.807, 2.05) is 11.8 Å². The SMILES string of the molecule is CNCC1(CN(C)C(C)CSC)CCC(C)CC1. The average molecular weight is 273 g/mol. The van der Waals surface area contributed by atoms with Crippen LogP contribution in [-0.2, 0) is 0 Å². The molecular weight excluding hydrogens is 240 g/mol. The Morgan fingerprint density at radius 2 is 2.00 bits per heavy atom. The van der Waals surface area contributed by atoms with E-state index in [0.717, 1.165) is 5.92 Å². The van der Waals surface area contributed by atoms with E-state index in [9.17, 15) is 0 Å². The van der Waals surface area contributed by atoms with Gasteiger partial charge in [0.15, 0.2) is 0 Å². The molecule has 0 radical (unpaired) electrons. The van der Waals surface area contributed by atoms with Gasteiger partial charge in [0.1, 0.15) is 0 Å². The summed E-state index contributed by atoms with van der Waals surface area (Å²) in [4.78, 5) is 2.57. The molecule has 0 aromatic rings. The van der Waals surface area contributed by atoms with Crippen LogP contribution in [0, 0.1) is 11.3 Å². The molecule has 0 aromatic heterocycles. The predicted molar refractivity (Wildman–Crippen MR) is 84.5 cm³/mol. The largest absolute Gasteiger partial charge is 0.319 e. The number of hydrogen-bond acceptors (Lipinski definition) is 3. The molecular formula is C15H32N2S. The Hall–Kier alpha value is 0.270. The van der Waals surface area contributed by atoms with E-state index >= 15 is 0 Å². The maximum Gasteiger partial charge on any atom is 0.0155 e. The highest BCUT2D eigenvalue weighted by Gasteiger charge is 2.35. The minimum Gasteiger partial charge on any atom is -0.319 e. The van der Waals surface area contributed by atoms with Gasteiger partial charge < -0.3 is 10.2 Å². The van der Waals surface area contributed by atoms with Gasteiger partial charge in [-0.05, 0) is 51.4 Å². The summed E-state index contributed by atoms with van der Waals surface area (Å²) in [6.07, 6.45) is 7.81. The fraction of sp³-hybridized carbons (Fsp3) is 1.00. The van der Waals surface area contributed by atoms with Crippen molar-refractivity contribution in [1.82, 2.24) is 10.2 Å². The number of hydrogen-bond donors (Lipinski definition) is 1. The zero-order valence-electron chi connectivity index (χ0n) is 13.0. The van der Waals surface area contributed by atoms with E-state index in [-0.39, 0.29) is 0 Å². The predicted octanol–water partition coefficient (Wildman–Crippen LogP) is 3.09. The lowest BCUT2D eigenvalue weighted by molar-refractivity contribution is 0.0884. The van der Waals surface area contributed by atoms with Gasteiger partial charge in [-0.3, -0.25) is 0 Å². The molecule has 2 nitrogen and oxygen atoms in total. The molecule has 0 bridgehead atoms. The first-order chi connectivity index (χ1) is 8.53. The normalized spacial score (nSPS) is 30.7. The number of thioether (sulfide) groups is 1. The van der Waals surface area contributed by atoms with E-state index < -0.39 is 0 Å². The van der Waals surface area contributed by atoms with Crippen LogP contribution >= 0.6 is 11.8 Å². The molecule has 1 unspecified atom stereocenters. The molecule has 1 saturated carbocycles. The fourth-order valence-corrected chi connectivity index (χ4v) is 3.93. The molecule has 1 atom stereocenters. The molecule has 1 rings (SSSR count). The lowest BCUT2D eigenvalue weighted by atomic mass is 9.70. The van der Waals surface area contributed by atoms with E-state index in [1.165, 1.54) is 44.5 Å². The van der Waals surface area contributed by atoms with E-state index in [0.29, 0.717) is 11.5 Å². The first-order valence-corrected chi connectivity index (χ1v) is 8.76. The van der Waals surface area contributed by atoms with Crippen LogP contribution in [-0.4, -0.2) is 50.1 Å². The summed E-state index contributed by atoms with van der Waals surface area (Å²) < 4.78 is 0. The lowest BCUT2D eigenvalue weighted by Gasteiger charge is -2.43. The second-order valence-corrected chi connectivity index (χ2v) is 7.34. The smallest absolute Gasteiger partial charge is 0.0155 e. The van der Waals surface area contributed by atoms with Crippen LogP contribution in [0.5, 0.6) is 0 Å². The van der Waals surface area contributed by atoms with E-state index in [4.69, 9.17) is 0 Å². The molecule has 3 heteroatoms. The highest BCUT2D eigenvalue weighted by molar-refractivity contribution is 7.98. The molecule has 18 heavy (non-hydrogen) atoms. The maximum absolute atomic E-state index is 3.44. The van der Waals surface area contributed by atoms with E-state index in [2.05, 4.69) is 44.4 Å². The van der Waals surface area contributed by atoms with Gasteiger partial charge in [-0.1, -0.05) is 19.8 Å². The van der Waals surface area contributed by atoms with Gasteiger partial charge in [-0.15, -0.1) is 0 Å². The summed E-state index contributed by atoms with van der Waals surface area (Å²) in [5.74, 6) is 2.17. The Labute approximate surface area is 118 Å². The fourth-order valence-electron chi connectivity index (χ4n) is 3.19. The van der Waals surface area contributed by atoms with Crippen molar-refractivity contribution in [2.75, 3.05) is 39.2 Å². The van der Waals surface area contributed by atoms with Gasteiger partial charge in [0.05, 0.1) is 0 Å². The summed E-state index contributed by atoms with van der Waals surface area (Å²) in [6, 6.07) is 0.688. The minimum atomic E-state index is 0.517. The second-order valence-electron chi connectivity index (χ2n) is 6.43. The topological polar surface area (TPSA) is 15.3 Å². The Morgan fingerprint density at radius 3 is 2.50 bits per heavy atom. The monoisotopic (exact) mass is 272 g/mol. The summed E-state index contributed by atoms with van der Waals surface area (Å²) >= 11 is 1.96. The maximum atomic E-state index is 3.44. The van der Waals surface area contributed by atoms with Crippen LogP contribution in [0.4, 0.5) is 0 Å². The zero-order chi connectivity index (χ0) is 13.6. The Morgan fingerprint density at radius 1 is 1.39 bits per heavy atom. The highest BCUT2D eigenvalue weighted by Crippen LogP contribution is 2.39. The van der Waals surface area contributed by atoms with Crippen molar-refractivity contribution in [2.45, 2.75) is 45.6 Å². The summed E-state index contributed by atoms with van der Waals surface area (Å²) in [5.41, 5.74) is 0.517. The third-order valence-electron chi connectivity index (χ3n) is 4.63. The lowest BCUT2D eigenvalue weighted by Crippen LogP contribution is -2.47. The molecule has 1 N–H and O–H groups in total. The van der Waals surface area contributed by atoms with Gasteiger partial charge in [-0.25, -0.2) is 0 Å². The van der Waals surface area contributed by atoms with Crippen molar-refractivity contribution in [3.63, 3.8) is 0 Å². The number of nitrogens with one attached hydrogen (secondary N) is 1. The van der Waals surface area contributed by atoms with Crippen LogP contribution in [0.3, 0.4) is 0 Å². The van der Waals surface area contributed by atoms with Gasteiger partial charge >= 0.3 is 0 Å². The molecule has 0 spiro atoms. The van der Waals surface area contributed by atoms with E-state index in [1.54, 1.807) is 0 Å². The molecule has 0 heterocycles. The van der Waals surface area contributed by atoms with Crippen LogP contribution in [0.1, 0.15) is 39.5 Å². The van der Waals surface area contributed by atoms with Crippen molar-refractivity contribution in [1.29, 1.82) is 0 Å². The molecule has 1 aliphatic rings. The van der Waals surface area contributed by atoms with Crippen molar-refractivity contribution in [3.05, 3.63) is 0 Å². The molecule has 1 fully saturated rings. The van der Waals surface area contributed by atoms with Crippen LogP contribution in [0.25, 0.3) is 0 Å². The van der Waals surface area contributed by atoms with Crippen LogP contribution in [0.15, 0.2) is 0 Å². The summed E-state index contributed by atoms with van der Waals surface area (Å²) in [7, 11) is 4.40. The van der Waals surface area contributed by atoms with Crippen molar-refractivity contribution < 1.29 is 0 Å². The van der Waals surface area contributed by atoms with Gasteiger partial charge in [0.25, 0.3) is 0 Å². The molecule has 0 saturated heterocycles. The third kappa shape index (κ3) is 4.75. The van der Waals surface area contributed by atoms with Crippen LogP contribution < -0.4 is 5.32 Å². The van der Waals surface area contributed by atoms with Gasteiger partial charge in [-0.2, -0.15) is 11.8 Å². The number of nitrogens with zero attached hydrogens (tertiary/aromatic N) is 1. The second kappa shape index (κ2) is 7.76. The number of rotatable bonds is 7. The van der Waals surface area contributed by atoms with Gasteiger partial charge in [0.2, 0.25) is 0 Å². The van der Waals surface area contributed by atoms with Crippen molar-refractivity contribution in [2.24, 2.45) is 11.3 Å². The highest BCUT2D eigenvalue weighted by atomic mass is 32.2. The molecule has 0 aromatic carbocycles. The molecule has 0 amide bonds. The van der Waals surface area contributed by atoms with Gasteiger partial charge in [0, 0.05) is 24.9 Å². The zero-order valence-corrected chi connectivity index (χ0v) is 13.8. The van der Waals surface area contributed by atoms with Crippen LogP contribution in [0.2, 0.25) is 0 Å². The Kier molecular flexibility index (Phi) is 7.04. The quantitative estimate of drug-likeness (QED) is 0.767. The summed E-state index contributed by atoms with van der Waals surface area (Å²) in [6.45, 7) is 7.19. The average Bonchev–Trinajstić information content (AvgIpc) is 2.34. The third-order valence-corrected chi connectivity index (χ3v) is 5.45. The summed E-state index contributed by atoms with van der Waals surface area (Å²) in [5, 5.41) is 3.44. The molecule has 0 aliphatic heterocycles. The first-order valence-electron chi connectivity index (χ1n) is 7.37. The van der Waals surface area contributed by atoms with Crippen molar-refractivity contribution >= 4 is 11.8 Å².